The van der Waals surface area contributed by atoms with Crippen molar-refractivity contribution in [2.24, 2.45) is 0 Å². The van der Waals surface area contributed by atoms with Crippen molar-refractivity contribution in [3.05, 3.63) is 56.9 Å². The van der Waals surface area contributed by atoms with Gasteiger partial charge >= 0.3 is 0 Å². The Morgan fingerprint density at radius 3 is 2.93 bits per heavy atom. The van der Waals surface area contributed by atoms with Crippen LogP contribution in [0.3, 0.4) is 0 Å². The molecule has 0 unspecified atom stereocenters. The maximum Gasteiger partial charge on any atom is 0.261 e. The third kappa shape index (κ3) is 3.49. The molecule has 0 saturated carbocycles. The van der Waals surface area contributed by atoms with E-state index in [1.165, 1.54) is 21.6 Å². The smallest absolute Gasteiger partial charge is 0.261 e. The number of hydrogen-bond acceptors (Lipinski definition) is 4. The normalized spacial score (nSPS) is 12.7. The molecule has 3 aromatic rings. The molecule has 7 heteroatoms. The second kappa shape index (κ2) is 7.40. The van der Waals surface area contributed by atoms with E-state index in [2.05, 4.69) is 59.7 Å². The predicted molar refractivity (Wildman–Crippen MR) is 111 cm³/mol. The molecular weight excluding hydrogens is 376 g/mol. The van der Waals surface area contributed by atoms with Crippen LogP contribution in [0.4, 0.5) is 0 Å². The zero-order valence-corrected chi connectivity index (χ0v) is 17.0. The average molecular weight is 399 g/mol. The van der Waals surface area contributed by atoms with E-state index < -0.39 is 0 Å². The van der Waals surface area contributed by atoms with E-state index in [1.54, 1.807) is 11.3 Å². The van der Waals surface area contributed by atoms with Crippen molar-refractivity contribution in [3.63, 3.8) is 0 Å². The van der Waals surface area contributed by atoms with E-state index in [9.17, 15) is 4.79 Å². The molecule has 2 N–H and O–H groups in total. The van der Waals surface area contributed by atoms with Gasteiger partial charge < -0.3 is 9.88 Å². The summed E-state index contributed by atoms with van der Waals surface area (Å²) >= 11 is 6.86. The molecular formula is C20H22N4OS2. The highest BCUT2D eigenvalue weighted by atomic mass is 32.1. The Balaban J connectivity index is 1.45. The fourth-order valence-corrected chi connectivity index (χ4v) is 5.15. The number of H-pyrrole nitrogens is 1. The molecule has 2 heterocycles. The Morgan fingerprint density at radius 1 is 1.33 bits per heavy atom. The highest BCUT2D eigenvalue weighted by molar-refractivity contribution is 7.71. The molecule has 0 saturated heterocycles. The third-order valence-corrected chi connectivity index (χ3v) is 6.38. The number of amides is 1. The standard InChI is InChI=1S/C20H22N4OS2/c1-12(2)24-17(22-23-20(24)26)9-10-21-19(25)16-11-14-8-7-13-5-3-4-6-15(13)18(14)27-16/h3-6,11-12H,7-10H2,1-2H3,(H,21,25)(H,23,26). The van der Waals surface area contributed by atoms with Gasteiger partial charge in [0.05, 0.1) is 4.88 Å². The Hall–Kier alpha value is -2.25. The third-order valence-electron chi connectivity index (χ3n) is 4.89. The molecule has 2 aromatic heterocycles. The highest BCUT2D eigenvalue weighted by Crippen LogP contribution is 2.39. The zero-order valence-electron chi connectivity index (χ0n) is 15.4. The fourth-order valence-electron chi connectivity index (χ4n) is 3.60. The lowest BCUT2D eigenvalue weighted by Gasteiger charge is -2.15. The first-order chi connectivity index (χ1) is 13.0. The van der Waals surface area contributed by atoms with Crippen LogP contribution in [-0.2, 0) is 19.3 Å². The average Bonchev–Trinajstić information content (AvgIpc) is 3.25. The van der Waals surface area contributed by atoms with Crippen LogP contribution in [0.15, 0.2) is 30.3 Å². The molecule has 1 aliphatic carbocycles. The van der Waals surface area contributed by atoms with Gasteiger partial charge in [-0.3, -0.25) is 9.89 Å². The number of rotatable bonds is 5. The molecule has 140 valence electrons. The number of nitrogens with zero attached hydrogens (tertiary/aromatic N) is 2. The summed E-state index contributed by atoms with van der Waals surface area (Å²) in [5.74, 6) is 0.854. The number of hydrogen-bond donors (Lipinski definition) is 2. The summed E-state index contributed by atoms with van der Waals surface area (Å²) in [6.45, 7) is 4.67. The Morgan fingerprint density at radius 2 is 2.11 bits per heavy atom. The van der Waals surface area contributed by atoms with Crippen LogP contribution >= 0.6 is 23.6 Å². The molecule has 0 spiro atoms. The lowest BCUT2D eigenvalue weighted by atomic mass is 9.91. The van der Waals surface area contributed by atoms with Crippen LogP contribution in [0.1, 0.15) is 46.5 Å². The first kappa shape index (κ1) is 18.1. The van der Waals surface area contributed by atoms with Gasteiger partial charge in [-0.1, -0.05) is 24.3 Å². The van der Waals surface area contributed by atoms with Crippen LogP contribution in [0.2, 0.25) is 0 Å². The van der Waals surface area contributed by atoms with Crippen LogP contribution in [0, 0.1) is 4.77 Å². The maximum atomic E-state index is 12.6. The number of aromatic nitrogens is 3. The summed E-state index contributed by atoms with van der Waals surface area (Å²) < 4.78 is 2.61. The Bertz CT molecular complexity index is 1040. The minimum atomic E-state index is -0.0166. The predicted octanol–water partition coefficient (Wildman–Crippen LogP) is 4.32. The largest absolute Gasteiger partial charge is 0.351 e. The van der Waals surface area contributed by atoms with E-state index in [-0.39, 0.29) is 11.9 Å². The minimum Gasteiger partial charge on any atom is -0.351 e. The van der Waals surface area contributed by atoms with E-state index in [0.29, 0.717) is 17.7 Å². The topological polar surface area (TPSA) is 62.7 Å². The van der Waals surface area contributed by atoms with Crippen molar-refractivity contribution in [2.45, 2.75) is 39.2 Å². The van der Waals surface area contributed by atoms with Gasteiger partial charge in [0, 0.05) is 23.9 Å². The Kier molecular flexibility index (Phi) is 4.97. The summed E-state index contributed by atoms with van der Waals surface area (Å²) in [5, 5.41) is 10.1. The molecule has 0 radical (unpaired) electrons. The van der Waals surface area contributed by atoms with Crippen molar-refractivity contribution >= 4 is 29.5 Å². The van der Waals surface area contributed by atoms with Gasteiger partial charge in [0.1, 0.15) is 5.82 Å². The number of aromatic amines is 1. The molecule has 1 amide bonds. The molecule has 0 fully saturated rings. The van der Waals surface area contributed by atoms with Gasteiger partial charge in [-0.05, 0) is 61.7 Å². The van der Waals surface area contributed by atoms with Crippen molar-refractivity contribution < 1.29 is 4.79 Å². The van der Waals surface area contributed by atoms with Gasteiger partial charge in [0.25, 0.3) is 5.91 Å². The maximum absolute atomic E-state index is 12.6. The molecule has 1 aliphatic rings. The molecule has 27 heavy (non-hydrogen) atoms. The van der Waals surface area contributed by atoms with E-state index in [0.717, 1.165) is 23.5 Å². The first-order valence-corrected chi connectivity index (χ1v) is 10.4. The van der Waals surface area contributed by atoms with Crippen LogP contribution in [-0.4, -0.2) is 27.2 Å². The van der Waals surface area contributed by atoms with Gasteiger partial charge in [-0.2, -0.15) is 5.10 Å². The van der Waals surface area contributed by atoms with E-state index in [4.69, 9.17) is 12.2 Å². The van der Waals surface area contributed by atoms with Crippen LogP contribution in [0.5, 0.6) is 0 Å². The quantitative estimate of drug-likeness (QED) is 0.629. The summed E-state index contributed by atoms with van der Waals surface area (Å²) in [4.78, 5) is 14.6. The van der Waals surface area contributed by atoms with Gasteiger partial charge in [0.2, 0.25) is 0 Å². The lowest BCUT2D eigenvalue weighted by Crippen LogP contribution is -2.26. The number of benzene rings is 1. The monoisotopic (exact) mass is 398 g/mol. The Labute approximate surface area is 167 Å². The molecule has 1 aromatic carbocycles. The number of fused-ring (bicyclic) bond motifs is 3. The first-order valence-electron chi connectivity index (χ1n) is 9.19. The lowest BCUT2D eigenvalue weighted by molar-refractivity contribution is 0.0958. The number of carbonyl (C=O) groups excluding carboxylic acids is 1. The number of aryl methyl sites for hydroxylation is 2. The fraction of sp³-hybridized carbons (Fsp3) is 0.350. The van der Waals surface area contributed by atoms with Crippen molar-refractivity contribution in [3.8, 4) is 10.4 Å². The molecule has 0 aliphatic heterocycles. The van der Waals surface area contributed by atoms with Crippen molar-refractivity contribution in [1.29, 1.82) is 0 Å². The molecule has 4 rings (SSSR count). The number of carbonyl (C=O) groups is 1. The van der Waals surface area contributed by atoms with Crippen LogP contribution in [0.25, 0.3) is 10.4 Å². The van der Waals surface area contributed by atoms with Gasteiger partial charge in [0.15, 0.2) is 4.77 Å². The molecule has 0 atom stereocenters. The number of nitrogens with one attached hydrogen (secondary N) is 2. The number of thiophene rings is 1. The van der Waals surface area contributed by atoms with Gasteiger partial charge in [-0.25, -0.2) is 0 Å². The van der Waals surface area contributed by atoms with Crippen molar-refractivity contribution in [1.82, 2.24) is 20.1 Å². The summed E-state index contributed by atoms with van der Waals surface area (Å²) in [6, 6.07) is 10.8. The van der Waals surface area contributed by atoms with Crippen LogP contribution < -0.4 is 5.32 Å². The molecule has 0 bridgehead atoms. The molecule has 5 nitrogen and oxygen atoms in total. The van der Waals surface area contributed by atoms with E-state index >= 15 is 0 Å². The summed E-state index contributed by atoms with van der Waals surface area (Å²) in [7, 11) is 0. The minimum absolute atomic E-state index is 0.0166. The highest BCUT2D eigenvalue weighted by Gasteiger charge is 2.21. The zero-order chi connectivity index (χ0) is 19.0. The summed E-state index contributed by atoms with van der Waals surface area (Å²) in [5.41, 5.74) is 3.93. The second-order valence-corrected chi connectivity index (χ2v) is 8.48. The van der Waals surface area contributed by atoms with Gasteiger partial charge in [-0.15, -0.1) is 11.3 Å². The second-order valence-electron chi connectivity index (χ2n) is 7.04. The van der Waals surface area contributed by atoms with E-state index in [1.807, 2.05) is 4.57 Å². The SMILES string of the molecule is CC(C)n1c(CCNC(=O)c2cc3c(s2)-c2ccccc2CC3)n[nH]c1=S. The van der Waals surface area contributed by atoms with Crippen molar-refractivity contribution in [2.75, 3.05) is 6.54 Å². The summed E-state index contributed by atoms with van der Waals surface area (Å²) in [6.07, 6.45) is 2.68.